The van der Waals surface area contributed by atoms with Gasteiger partial charge >= 0.3 is 12.2 Å². The molecule has 0 radical (unpaired) electrons. The molecule has 5 amide bonds. The molecule has 6 rings (SSSR count). The highest BCUT2D eigenvalue weighted by Crippen LogP contribution is 2.30. The predicted molar refractivity (Wildman–Crippen MR) is 229 cm³/mol. The van der Waals surface area contributed by atoms with Crippen molar-refractivity contribution in [3.05, 3.63) is 83.7 Å². The van der Waals surface area contributed by atoms with Crippen LogP contribution in [0.15, 0.2) is 66.7 Å². The number of nitrogens with zero attached hydrogens (tertiary/aromatic N) is 4. The number of hydrogen-bond donors (Lipinski definition) is 5. The van der Waals surface area contributed by atoms with Crippen LogP contribution in [0.25, 0.3) is 22.5 Å². The van der Waals surface area contributed by atoms with Crippen LogP contribution in [0.3, 0.4) is 0 Å². The largest absolute Gasteiger partial charge is 0.444 e. The highest BCUT2D eigenvalue weighted by molar-refractivity contribution is 5.98. The number of rotatable bonds is 12. The van der Waals surface area contributed by atoms with Crippen molar-refractivity contribution in [2.45, 2.75) is 103 Å². The number of likely N-dealkylation sites (tertiary alicyclic amines) is 1. The number of halogens is 1. The summed E-state index contributed by atoms with van der Waals surface area (Å²) in [7, 11) is 0. The molecule has 16 nitrogen and oxygen atoms in total. The van der Waals surface area contributed by atoms with Gasteiger partial charge in [0, 0.05) is 54.8 Å². The number of anilines is 1. The van der Waals surface area contributed by atoms with E-state index in [1.807, 2.05) is 0 Å². The normalized spacial score (nSPS) is 18.3. The van der Waals surface area contributed by atoms with Gasteiger partial charge in [0.25, 0.3) is 5.91 Å². The molecule has 0 unspecified atom stereocenters. The Bertz CT molecular complexity index is 2200. The molecule has 1 saturated carbocycles. The number of aromatic nitrogens is 4. The van der Waals surface area contributed by atoms with Crippen LogP contribution in [-0.2, 0) is 25.5 Å². The van der Waals surface area contributed by atoms with E-state index in [-0.39, 0.29) is 47.9 Å². The van der Waals surface area contributed by atoms with Gasteiger partial charge in [-0.05, 0) is 126 Å². The zero-order valence-electron chi connectivity index (χ0n) is 36.0. The Labute approximate surface area is 360 Å². The molecule has 4 aromatic rings. The summed E-state index contributed by atoms with van der Waals surface area (Å²) >= 11 is 0. The van der Waals surface area contributed by atoms with Crippen LogP contribution in [0, 0.1) is 17.7 Å². The zero-order valence-corrected chi connectivity index (χ0v) is 36.0. The molecule has 3 aromatic carbocycles. The average Bonchev–Trinajstić information content (AvgIpc) is 3.93. The van der Waals surface area contributed by atoms with Gasteiger partial charge in [0.05, 0.1) is 5.56 Å². The van der Waals surface area contributed by atoms with Crippen molar-refractivity contribution in [3.63, 3.8) is 0 Å². The van der Waals surface area contributed by atoms with E-state index >= 15 is 4.39 Å². The lowest BCUT2D eigenvalue weighted by molar-refractivity contribution is -0.130. The Morgan fingerprint density at radius 3 is 2.18 bits per heavy atom. The minimum atomic E-state index is -0.956. The Balaban J connectivity index is 1.10. The Hall–Kier alpha value is -6.39. The van der Waals surface area contributed by atoms with Crippen molar-refractivity contribution in [2.24, 2.45) is 11.8 Å². The summed E-state index contributed by atoms with van der Waals surface area (Å²) in [6.07, 6.45) is 2.37. The van der Waals surface area contributed by atoms with Crippen molar-refractivity contribution in [1.29, 1.82) is 0 Å². The smallest absolute Gasteiger partial charge is 0.410 e. The zero-order chi connectivity index (χ0) is 44.6. The maximum absolute atomic E-state index is 16.0. The number of tetrazole rings is 1. The van der Waals surface area contributed by atoms with E-state index in [4.69, 9.17) is 9.47 Å². The molecule has 1 aliphatic carbocycles. The molecule has 0 bridgehead atoms. The van der Waals surface area contributed by atoms with Crippen LogP contribution in [-0.4, -0.2) is 98.4 Å². The molecule has 0 spiro atoms. The van der Waals surface area contributed by atoms with Gasteiger partial charge in [0.2, 0.25) is 17.6 Å². The maximum atomic E-state index is 16.0. The number of H-pyrrole nitrogens is 1. The van der Waals surface area contributed by atoms with Crippen molar-refractivity contribution >= 4 is 35.6 Å². The van der Waals surface area contributed by atoms with E-state index in [0.717, 1.165) is 12.8 Å². The Morgan fingerprint density at radius 1 is 0.855 bits per heavy atom. The number of nitrogens with one attached hydrogen (secondary N) is 5. The number of amides is 5. The third kappa shape index (κ3) is 12.6. The summed E-state index contributed by atoms with van der Waals surface area (Å²) in [5, 5.41) is 25.6. The van der Waals surface area contributed by atoms with Gasteiger partial charge in [-0.1, -0.05) is 36.4 Å². The summed E-state index contributed by atoms with van der Waals surface area (Å²) in [6.45, 7) is 11.9. The molecule has 2 aliphatic rings. The van der Waals surface area contributed by atoms with Crippen LogP contribution in [0.4, 0.5) is 19.7 Å². The number of ether oxygens (including phenoxy) is 2. The third-order valence-corrected chi connectivity index (χ3v) is 10.7. The van der Waals surface area contributed by atoms with Gasteiger partial charge in [-0.15, -0.1) is 10.2 Å². The van der Waals surface area contributed by atoms with E-state index in [0.29, 0.717) is 60.6 Å². The highest BCUT2D eigenvalue weighted by atomic mass is 19.1. The lowest BCUT2D eigenvalue weighted by Gasteiger charge is -2.29. The lowest BCUT2D eigenvalue weighted by atomic mass is 9.81. The van der Waals surface area contributed by atoms with Gasteiger partial charge in [-0.3, -0.25) is 14.4 Å². The molecular weight excluding hydrogens is 798 g/mol. The van der Waals surface area contributed by atoms with Gasteiger partial charge < -0.3 is 35.6 Å². The molecule has 330 valence electrons. The van der Waals surface area contributed by atoms with Gasteiger partial charge in [0.1, 0.15) is 23.1 Å². The number of carbonyl (C=O) groups is 5. The molecule has 1 saturated heterocycles. The summed E-state index contributed by atoms with van der Waals surface area (Å²) in [6, 6.07) is 17.2. The van der Waals surface area contributed by atoms with Crippen LogP contribution in [0.2, 0.25) is 0 Å². The van der Waals surface area contributed by atoms with E-state index < -0.39 is 47.1 Å². The van der Waals surface area contributed by atoms with Crippen molar-refractivity contribution in [3.8, 4) is 22.5 Å². The fourth-order valence-electron chi connectivity index (χ4n) is 7.51. The standard InChI is InChI=1S/C45H56FN9O7/c1-44(2,3)61-42(59)47-25-28-12-16-31(17-13-28)39(56)50-36(41(58)48-32-20-18-30(19-21-32)38-51-53-54-52-38)24-27-10-14-29(15-11-27)34-8-7-9-35(37(34)46)40(57)49-33-22-23-55(26-33)43(60)62-45(4,5)6/h7-11,14-15,18-21,28,31,33,36H,12-13,16-17,22-26H2,1-6H3,(H,47,59)(H,48,58)(H,49,57)(H,50,56)(H,51,52,53,54)/t28?,31?,33-,36+/m1/s1. The van der Waals surface area contributed by atoms with Gasteiger partial charge in [0.15, 0.2) is 0 Å². The predicted octanol–water partition coefficient (Wildman–Crippen LogP) is 6.41. The summed E-state index contributed by atoms with van der Waals surface area (Å²) < 4.78 is 26.8. The molecule has 2 atom stereocenters. The first kappa shape index (κ1) is 45.1. The first-order valence-electron chi connectivity index (χ1n) is 21.0. The lowest BCUT2D eigenvalue weighted by Crippen LogP contribution is -2.48. The molecule has 5 N–H and O–H groups in total. The number of carbonyl (C=O) groups excluding carboxylic acids is 5. The van der Waals surface area contributed by atoms with Crippen molar-refractivity contribution in [1.82, 2.24) is 41.5 Å². The molecule has 1 aliphatic heterocycles. The fourth-order valence-corrected chi connectivity index (χ4v) is 7.51. The van der Waals surface area contributed by atoms with Crippen LogP contribution >= 0.6 is 0 Å². The average molecular weight is 854 g/mol. The molecule has 2 fully saturated rings. The van der Waals surface area contributed by atoms with Crippen molar-refractivity contribution in [2.75, 3.05) is 25.0 Å². The topological polar surface area (TPSA) is 210 Å². The SMILES string of the molecule is CC(C)(C)OC(=O)NCC1CCC(C(=O)N[C@@H](Cc2ccc(-c3cccc(C(=O)N[C@@H]4CCN(C(=O)OC(C)(C)C)C4)c3F)cc2)C(=O)Nc2ccc(-c3nn[nH]n3)cc2)CC1. The minimum absolute atomic E-state index is 0.125. The van der Waals surface area contributed by atoms with E-state index in [2.05, 4.69) is 41.9 Å². The van der Waals surface area contributed by atoms with Crippen LogP contribution in [0.5, 0.6) is 0 Å². The Morgan fingerprint density at radius 2 is 1.53 bits per heavy atom. The number of benzene rings is 3. The van der Waals surface area contributed by atoms with Crippen molar-refractivity contribution < 1.29 is 37.8 Å². The molecule has 62 heavy (non-hydrogen) atoms. The minimum Gasteiger partial charge on any atom is -0.444 e. The number of alkyl carbamates (subject to hydrolysis) is 1. The Kier molecular flexibility index (Phi) is 14.2. The highest BCUT2D eigenvalue weighted by Gasteiger charge is 2.33. The molecule has 1 aromatic heterocycles. The maximum Gasteiger partial charge on any atom is 0.410 e. The number of hydrogen-bond acceptors (Lipinski definition) is 10. The first-order valence-corrected chi connectivity index (χ1v) is 21.0. The quantitative estimate of drug-likeness (QED) is 0.106. The fraction of sp³-hybridized carbons (Fsp3) is 0.467. The van der Waals surface area contributed by atoms with E-state index in [9.17, 15) is 24.0 Å². The third-order valence-electron chi connectivity index (χ3n) is 10.7. The number of aromatic amines is 1. The van der Waals surface area contributed by atoms with E-state index in [1.165, 1.54) is 11.0 Å². The van der Waals surface area contributed by atoms with Gasteiger partial charge in [-0.25, -0.2) is 14.0 Å². The second-order valence-corrected chi connectivity index (χ2v) is 17.9. The monoisotopic (exact) mass is 853 g/mol. The second-order valence-electron chi connectivity index (χ2n) is 17.9. The first-order chi connectivity index (χ1) is 29.4. The summed E-state index contributed by atoms with van der Waals surface area (Å²) in [5.41, 5.74) is 1.27. The molecule has 17 heteroatoms. The molecular formula is C45H56FN9O7. The van der Waals surface area contributed by atoms with E-state index in [1.54, 1.807) is 102 Å². The van der Waals surface area contributed by atoms with Crippen LogP contribution < -0.4 is 21.3 Å². The summed E-state index contributed by atoms with van der Waals surface area (Å²) in [4.78, 5) is 67.1. The second kappa shape index (κ2) is 19.5. The van der Waals surface area contributed by atoms with Gasteiger partial charge in [-0.2, -0.15) is 5.21 Å². The summed E-state index contributed by atoms with van der Waals surface area (Å²) in [5.74, 6) is -1.65. The molecule has 2 heterocycles. The van der Waals surface area contributed by atoms with Crippen LogP contribution in [0.1, 0.15) is 89.6 Å².